The molecule has 0 aromatic carbocycles. The molecule has 4 heteroatoms. The minimum atomic E-state index is 0.0555. The first-order valence-electron chi connectivity index (χ1n) is 5.74. The van der Waals surface area contributed by atoms with E-state index in [0.717, 1.165) is 13.1 Å². The Morgan fingerprint density at radius 3 is 3.19 bits per heavy atom. The number of nitrogens with zero attached hydrogens (tertiary/aromatic N) is 2. The first-order valence-corrected chi connectivity index (χ1v) is 5.74. The van der Waals surface area contributed by atoms with Crippen LogP contribution in [0.1, 0.15) is 18.0 Å². The number of aromatic nitrogens is 1. The summed E-state index contributed by atoms with van der Waals surface area (Å²) in [7, 11) is 2.15. The van der Waals surface area contributed by atoms with Crippen LogP contribution in [-0.2, 0) is 0 Å². The van der Waals surface area contributed by atoms with E-state index in [1.807, 2.05) is 12.3 Å². The van der Waals surface area contributed by atoms with Gasteiger partial charge in [-0.05, 0) is 37.6 Å². The molecule has 0 spiro atoms. The SMILES string of the molecule is CN1CCC(CNCO)C1c1cccnc1. The van der Waals surface area contributed by atoms with E-state index in [1.165, 1.54) is 12.0 Å². The number of hydrogen-bond acceptors (Lipinski definition) is 4. The largest absolute Gasteiger partial charge is 0.381 e. The molecule has 2 N–H and O–H groups in total. The van der Waals surface area contributed by atoms with Gasteiger partial charge in [-0.2, -0.15) is 0 Å². The van der Waals surface area contributed by atoms with Gasteiger partial charge in [0.1, 0.15) is 0 Å². The summed E-state index contributed by atoms with van der Waals surface area (Å²) in [4.78, 5) is 6.54. The van der Waals surface area contributed by atoms with Gasteiger partial charge in [-0.15, -0.1) is 0 Å². The van der Waals surface area contributed by atoms with Crippen molar-refractivity contribution in [1.29, 1.82) is 0 Å². The second-order valence-electron chi connectivity index (χ2n) is 4.37. The number of hydrogen-bond donors (Lipinski definition) is 2. The lowest BCUT2D eigenvalue weighted by molar-refractivity contribution is 0.228. The number of pyridine rings is 1. The molecular formula is C12H19N3O. The Bertz CT molecular complexity index is 317. The summed E-state index contributed by atoms with van der Waals surface area (Å²) in [6.45, 7) is 2.03. The number of aliphatic hydroxyl groups excluding tert-OH is 1. The number of nitrogens with one attached hydrogen (secondary N) is 1. The van der Waals surface area contributed by atoms with Crippen molar-refractivity contribution >= 4 is 0 Å². The highest BCUT2D eigenvalue weighted by Crippen LogP contribution is 2.35. The highest BCUT2D eigenvalue weighted by Gasteiger charge is 2.32. The fourth-order valence-electron chi connectivity index (χ4n) is 2.57. The van der Waals surface area contributed by atoms with E-state index in [4.69, 9.17) is 5.11 Å². The normalized spacial score (nSPS) is 26.1. The van der Waals surface area contributed by atoms with Crippen LogP contribution in [0, 0.1) is 5.92 Å². The molecule has 2 atom stereocenters. The zero-order valence-electron chi connectivity index (χ0n) is 9.63. The molecule has 0 bridgehead atoms. The second-order valence-corrected chi connectivity index (χ2v) is 4.37. The van der Waals surface area contributed by atoms with Gasteiger partial charge in [-0.1, -0.05) is 6.07 Å². The third-order valence-corrected chi connectivity index (χ3v) is 3.32. The van der Waals surface area contributed by atoms with Crippen LogP contribution in [0.25, 0.3) is 0 Å². The predicted octanol–water partition coefficient (Wildman–Crippen LogP) is 0.614. The van der Waals surface area contributed by atoms with Crippen LogP contribution in [0.3, 0.4) is 0 Å². The Morgan fingerprint density at radius 2 is 2.50 bits per heavy atom. The van der Waals surface area contributed by atoms with Crippen LogP contribution >= 0.6 is 0 Å². The molecule has 0 aliphatic carbocycles. The molecule has 2 unspecified atom stereocenters. The second kappa shape index (κ2) is 5.39. The summed E-state index contributed by atoms with van der Waals surface area (Å²) in [5.41, 5.74) is 1.27. The Labute approximate surface area is 96.3 Å². The Kier molecular flexibility index (Phi) is 3.88. The van der Waals surface area contributed by atoms with Gasteiger partial charge in [-0.25, -0.2) is 0 Å². The highest BCUT2D eigenvalue weighted by atomic mass is 16.3. The molecule has 4 nitrogen and oxygen atoms in total. The monoisotopic (exact) mass is 221 g/mol. The fourth-order valence-corrected chi connectivity index (χ4v) is 2.57. The Balaban J connectivity index is 2.10. The molecule has 1 aliphatic rings. The molecule has 1 fully saturated rings. The van der Waals surface area contributed by atoms with Gasteiger partial charge in [0, 0.05) is 25.0 Å². The van der Waals surface area contributed by atoms with E-state index in [9.17, 15) is 0 Å². The maximum absolute atomic E-state index is 8.81. The van der Waals surface area contributed by atoms with Crippen molar-refractivity contribution in [3.05, 3.63) is 30.1 Å². The van der Waals surface area contributed by atoms with Crippen molar-refractivity contribution in [3.8, 4) is 0 Å². The summed E-state index contributed by atoms with van der Waals surface area (Å²) in [6, 6.07) is 4.54. The molecular weight excluding hydrogens is 202 g/mol. The summed E-state index contributed by atoms with van der Waals surface area (Å²) < 4.78 is 0. The molecule has 1 aromatic rings. The topological polar surface area (TPSA) is 48.4 Å². The molecule has 0 amide bonds. The zero-order chi connectivity index (χ0) is 11.4. The van der Waals surface area contributed by atoms with Crippen LogP contribution in [0.5, 0.6) is 0 Å². The Morgan fingerprint density at radius 1 is 1.62 bits per heavy atom. The smallest absolute Gasteiger partial charge is 0.0931 e. The molecule has 1 saturated heterocycles. The van der Waals surface area contributed by atoms with Crippen molar-refractivity contribution in [2.24, 2.45) is 5.92 Å². The van der Waals surface area contributed by atoms with E-state index < -0.39 is 0 Å². The quantitative estimate of drug-likeness (QED) is 0.732. The highest BCUT2D eigenvalue weighted by molar-refractivity contribution is 5.16. The van der Waals surface area contributed by atoms with Crippen LogP contribution in [0.4, 0.5) is 0 Å². The van der Waals surface area contributed by atoms with E-state index >= 15 is 0 Å². The van der Waals surface area contributed by atoms with Gasteiger partial charge in [-0.3, -0.25) is 15.2 Å². The van der Waals surface area contributed by atoms with Gasteiger partial charge < -0.3 is 5.11 Å². The molecule has 1 aromatic heterocycles. The van der Waals surface area contributed by atoms with E-state index in [-0.39, 0.29) is 6.73 Å². The van der Waals surface area contributed by atoms with Crippen LogP contribution < -0.4 is 5.32 Å². The first kappa shape index (κ1) is 11.5. The third-order valence-electron chi connectivity index (χ3n) is 3.32. The van der Waals surface area contributed by atoms with Crippen molar-refractivity contribution in [2.45, 2.75) is 12.5 Å². The lowest BCUT2D eigenvalue weighted by Gasteiger charge is -2.25. The first-order chi connectivity index (χ1) is 7.83. The summed E-state index contributed by atoms with van der Waals surface area (Å²) in [6.07, 6.45) is 4.92. The third kappa shape index (κ3) is 2.40. The molecule has 2 heterocycles. The van der Waals surface area contributed by atoms with Crippen molar-refractivity contribution in [2.75, 3.05) is 26.9 Å². The summed E-state index contributed by atoms with van der Waals surface area (Å²) in [5, 5.41) is 11.8. The maximum atomic E-state index is 8.81. The average molecular weight is 221 g/mol. The molecule has 16 heavy (non-hydrogen) atoms. The molecule has 88 valence electrons. The lowest BCUT2D eigenvalue weighted by atomic mass is 9.95. The van der Waals surface area contributed by atoms with Crippen LogP contribution in [-0.4, -0.2) is 41.9 Å². The molecule has 0 radical (unpaired) electrons. The van der Waals surface area contributed by atoms with Crippen LogP contribution in [0.15, 0.2) is 24.5 Å². The van der Waals surface area contributed by atoms with Gasteiger partial charge in [0.15, 0.2) is 0 Å². The molecule has 0 saturated carbocycles. The maximum Gasteiger partial charge on any atom is 0.0931 e. The Hall–Kier alpha value is -0.970. The minimum absolute atomic E-state index is 0.0555. The standard InChI is InChI=1S/C12H19N3O/c1-15-6-4-11(8-14-9-16)12(15)10-3-2-5-13-7-10/h2-3,5,7,11-12,14,16H,4,6,8-9H2,1H3. The number of rotatable bonds is 4. The number of aliphatic hydroxyl groups is 1. The van der Waals surface area contributed by atoms with Crippen molar-refractivity contribution in [1.82, 2.24) is 15.2 Å². The van der Waals surface area contributed by atoms with Gasteiger partial charge >= 0.3 is 0 Å². The minimum Gasteiger partial charge on any atom is -0.381 e. The number of likely N-dealkylation sites (tertiary alicyclic amines) is 1. The fraction of sp³-hybridized carbons (Fsp3) is 0.583. The average Bonchev–Trinajstić information content (AvgIpc) is 2.69. The van der Waals surface area contributed by atoms with Gasteiger partial charge in [0.2, 0.25) is 0 Å². The van der Waals surface area contributed by atoms with E-state index in [1.54, 1.807) is 6.20 Å². The van der Waals surface area contributed by atoms with Crippen molar-refractivity contribution in [3.63, 3.8) is 0 Å². The van der Waals surface area contributed by atoms with Crippen LogP contribution in [0.2, 0.25) is 0 Å². The summed E-state index contributed by atoms with van der Waals surface area (Å²) in [5.74, 6) is 0.557. The lowest BCUT2D eigenvalue weighted by Crippen LogP contribution is -2.29. The van der Waals surface area contributed by atoms with E-state index in [0.29, 0.717) is 12.0 Å². The van der Waals surface area contributed by atoms with Gasteiger partial charge in [0.05, 0.1) is 6.73 Å². The zero-order valence-corrected chi connectivity index (χ0v) is 9.63. The summed E-state index contributed by atoms with van der Waals surface area (Å²) >= 11 is 0. The van der Waals surface area contributed by atoms with E-state index in [2.05, 4.69) is 28.3 Å². The van der Waals surface area contributed by atoms with Gasteiger partial charge in [0.25, 0.3) is 0 Å². The van der Waals surface area contributed by atoms with Crippen molar-refractivity contribution < 1.29 is 5.11 Å². The molecule has 1 aliphatic heterocycles. The molecule has 2 rings (SSSR count). The predicted molar refractivity (Wildman–Crippen MR) is 62.8 cm³/mol.